The number of halogens is 2. The summed E-state index contributed by atoms with van der Waals surface area (Å²) in [6.45, 7) is 0. The van der Waals surface area contributed by atoms with Gasteiger partial charge >= 0.3 is 5.97 Å². The molecule has 40 heavy (non-hydrogen) atoms. The van der Waals surface area contributed by atoms with E-state index in [9.17, 15) is 36.1 Å². The fourth-order valence-electron chi connectivity index (χ4n) is 3.23. The quantitative estimate of drug-likeness (QED) is 0.184. The number of carbonyl (C=O) groups is 2. The molecule has 0 fully saturated rings. The molecule has 1 unspecified atom stereocenters. The first-order chi connectivity index (χ1) is 18.7. The van der Waals surface area contributed by atoms with Gasteiger partial charge in [0, 0.05) is 11.8 Å². The Morgan fingerprint density at radius 1 is 1.02 bits per heavy atom. The van der Waals surface area contributed by atoms with Crippen LogP contribution < -0.4 is 9.43 Å². The van der Waals surface area contributed by atoms with Crippen molar-refractivity contribution in [2.75, 3.05) is 9.43 Å². The van der Waals surface area contributed by atoms with Crippen LogP contribution in [-0.4, -0.2) is 69.6 Å². The monoisotopic (exact) mass is 630 g/mol. The smallest absolute Gasteiger partial charge is 0.355 e. The fraction of sp³-hybridized carbons (Fsp3) is 0.0526. The lowest BCUT2D eigenvalue weighted by Gasteiger charge is -2.18. The highest BCUT2D eigenvalue weighted by atomic mass is 35.5. The molecule has 1 aromatic heterocycles. The summed E-state index contributed by atoms with van der Waals surface area (Å²) in [6, 6.07) is 5.52. The van der Waals surface area contributed by atoms with E-state index < -0.39 is 65.3 Å². The molecule has 0 aliphatic carbocycles. The molecule has 0 spiro atoms. The van der Waals surface area contributed by atoms with Gasteiger partial charge in [-0.2, -0.15) is 47.1 Å². The van der Waals surface area contributed by atoms with Crippen LogP contribution in [0.15, 0.2) is 73.9 Å². The predicted molar refractivity (Wildman–Crippen MR) is 136 cm³/mol. The van der Waals surface area contributed by atoms with Gasteiger partial charge in [0.2, 0.25) is 17.3 Å². The van der Waals surface area contributed by atoms with Gasteiger partial charge in [0.15, 0.2) is 5.71 Å². The van der Waals surface area contributed by atoms with Crippen LogP contribution in [0.4, 0.5) is 23.0 Å². The summed E-state index contributed by atoms with van der Waals surface area (Å²) in [5, 5.41) is 21.1. The number of azo groups is 1. The number of carbonyl (C=O) groups excluding carboxylic acids is 1. The number of aromatic nitrogens is 3. The van der Waals surface area contributed by atoms with E-state index in [1.807, 2.05) is 0 Å². The van der Waals surface area contributed by atoms with Crippen molar-refractivity contribution >= 4 is 84.2 Å². The first kappa shape index (κ1) is 28.9. The maximum absolute atomic E-state index is 13.0. The van der Waals surface area contributed by atoms with E-state index in [0.717, 1.165) is 42.7 Å². The second kappa shape index (κ2) is 10.8. The third kappa shape index (κ3) is 5.88. The minimum absolute atomic E-state index is 0.0680. The van der Waals surface area contributed by atoms with Crippen molar-refractivity contribution in [2.45, 2.75) is 15.8 Å². The summed E-state index contributed by atoms with van der Waals surface area (Å²) < 4.78 is 66.1. The minimum atomic E-state index is -4.94. The number of amides is 1. The summed E-state index contributed by atoms with van der Waals surface area (Å²) >= 11 is 12.0. The van der Waals surface area contributed by atoms with Crippen LogP contribution in [0, 0.1) is 0 Å². The van der Waals surface area contributed by atoms with Crippen molar-refractivity contribution in [3.05, 3.63) is 54.1 Å². The van der Waals surface area contributed by atoms with E-state index in [1.165, 1.54) is 6.07 Å². The zero-order valence-electron chi connectivity index (χ0n) is 19.1. The number of hydrogen-bond donors (Lipinski definition) is 3. The first-order valence-corrected chi connectivity index (χ1v) is 13.8. The van der Waals surface area contributed by atoms with Gasteiger partial charge in [-0.15, -0.1) is 0 Å². The van der Waals surface area contributed by atoms with E-state index >= 15 is 0 Å². The molecular weight excluding hydrogens is 619 g/mol. The Morgan fingerprint density at radius 3 is 2.27 bits per heavy atom. The number of anilines is 3. The van der Waals surface area contributed by atoms with Gasteiger partial charge in [-0.25, -0.2) is 14.2 Å². The Kier molecular flexibility index (Phi) is 7.78. The molecule has 4 rings (SSSR count). The number of rotatable bonds is 8. The highest BCUT2D eigenvalue weighted by molar-refractivity contribution is 7.86. The molecule has 2 heterocycles. The molecule has 1 aliphatic rings. The number of aliphatic carboxylic acids is 1. The van der Waals surface area contributed by atoms with Crippen molar-refractivity contribution in [3.8, 4) is 0 Å². The molecule has 3 N–H and O–H groups in total. The van der Waals surface area contributed by atoms with Crippen molar-refractivity contribution in [2.24, 2.45) is 15.3 Å². The maximum Gasteiger partial charge on any atom is 0.355 e. The van der Waals surface area contributed by atoms with Crippen LogP contribution in [0.2, 0.25) is 5.28 Å². The van der Waals surface area contributed by atoms with Crippen LogP contribution in [0.3, 0.4) is 0 Å². The zero-order chi connectivity index (χ0) is 29.4. The third-order valence-corrected chi connectivity index (χ3v) is 7.20. The molecule has 208 valence electrons. The zero-order valence-corrected chi connectivity index (χ0v) is 22.3. The van der Waals surface area contributed by atoms with E-state index in [0.29, 0.717) is 9.43 Å². The molecule has 3 aromatic rings. The lowest BCUT2D eigenvalue weighted by Crippen LogP contribution is -2.33. The van der Waals surface area contributed by atoms with Gasteiger partial charge in [0.1, 0.15) is 22.6 Å². The third-order valence-electron chi connectivity index (χ3n) is 4.95. The highest BCUT2D eigenvalue weighted by Crippen LogP contribution is 2.40. The Labute approximate surface area is 234 Å². The summed E-state index contributed by atoms with van der Waals surface area (Å²) in [4.78, 5) is 34.7. The summed E-state index contributed by atoms with van der Waals surface area (Å²) in [5.74, 6) is -3.07. The molecule has 2 aromatic carbocycles. The molecule has 1 atom stereocenters. The van der Waals surface area contributed by atoms with Gasteiger partial charge in [0.25, 0.3) is 26.1 Å². The fourth-order valence-corrected chi connectivity index (χ4v) is 4.83. The molecule has 0 saturated heterocycles. The average molecular weight is 631 g/mol. The standard InChI is InChI=1S/C19H12Cl2N8O9S2/c20-18-22-8-23-19(24-18)28(21)15-11(2-1-3-12(15)40(36,37)38)25-26-13-14(17(31)32)27-29(16(13)30)9-4-6-10(7-5-9)39(33,34)35/h1-8,13H,(H,31,32)(H,33,34,35)(H,36,37,38). The topological polar surface area (TPSA) is 245 Å². The Hall–Kier alpha value is -4.14. The summed E-state index contributed by atoms with van der Waals surface area (Å²) in [5.41, 5.74) is -1.77. The largest absolute Gasteiger partial charge is 0.477 e. The number of benzene rings is 2. The van der Waals surface area contributed by atoms with E-state index in [1.54, 1.807) is 0 Å². The van der Waals surface area contributed by atoms with Crippen LogP contribution in [0.1, 0.15) is 0 Å². The van der Waals surface area contributed by atoms with Crippen LogP contribution >= 0.6 is 23.4 Å². The number of hydrazone groups is 1. The molecule has 1 amide bonds. The molecule has 1 aliphatic heterocycles. The van der Waals surface area contributed by atoms with E-state index in [4.69, 9.17) is 27.9 Å². The molecule has 0 radical (unpaired) electrons. The molecular formula is C19H12Cl2N8O9S2. The van der Waals surface area contributed by atoms with Crippen molar-refractivity contribution < 1.29 is 40.6 Å². The lowest BCUT2D eigenvalue weighted by molar-refractivity contribution is -0.130. The number of carboxylic acid groups (broad SMARTS) is 1. The second-order valence-electron chi connectivity index (χ2n) is 7.46. The number of hydrogen-bond acceptors (Lipinski definition) is 13. The van der Waals surface area contributed by atoms with Gasteiger partial charge < -0.3 is 5.11 Å². The minimum Gasteiger partial charge on any atom is -0.477 e. The Balaban J connectivity index is 1.76. The van der Waals surface area contributed by atoms with Crippen molar-refractivity contribution in [1.82, 2.24) is 15.0 Å². The maximum atomic E-state index is 13.0. The van der Waals surface area contributed by atoms with Crippen LogP contribution in [-0.2, 0) is 29.8 Å². The Morgan fingerprint density at radius 2 is 1.70 bits per heavy atom. The number of carboxylic acids is 1. The number of para-hydroxylation sites is 1. The normalized spacial score (nSPS) is 15.9. The van der Waals surface area contributed by atoms with Crippen LogP contribution in [0.5, 0.6) is 0 Å². The van der Waals surface area contributed by atoms with Gasteiger partial charge in [-0.3, -0.25) is 13.9 Å². The van der Waals surface area contributed by atoms with Gasteiger partial charge in [0.05, 0.1) is 10.6 Å². The van der Waals surface area contributed by atoms with Crippen LogP contribution in [0.25, 0.3) is 0 Å². The summed E-state index contributed by atoms with van der Waals surface area (Å²) in [7, 11) is -9.48. The Bertz CT molecular complexity index is 1800. The summed E-state index contributed by atoms with van der Waals surface area (Å²) in [6.07, 6.45) is 0.960. The molecule has 17 nitrogen and oxygen atoms in total. The molecule has 0 saturated carbocycles. The molecule has 0 bridgehead atoms. The highest BCUT2D eigenvalue weighted by Gasteiger charge is 2.41. The number of nitrogens with zero attached hydrogens (tertiary/aromatic N) is 8. The van der Waals surface area contributed by atoms with E-state index in [2.05, 4.69) is 30.3 Å². The van der Waals surface area contributed by atoms with Gasteiger partial charge in [-0.1, -0.05) is 6.07 Å². The van der Waals surface area contributed by atoms with Gasteiger partial charge in [-0.05, 0) is 48.0 Å². The first-order valence-electron chi connectivity index (χ1n) is 10.2. The lowest BCUT2D eigenvalue weighted by atomic mass is 10.2. The average Bonchev–Trinajstić information content (AvgIpc) is 3.22. The second-order valence-corrected chi connectivity index (χ2v) is 10.9. The molecule has 21 heteroatoms. The SMILES string of the molecule is O=C(O)C1=NN(c2ccc(S(=O)(=O)O)cc2)C(=O)C1N=Nc1cccc(S(=O)(=O)O)c1N(Cl)c1ncnc(Cl)n1. The van der Waals surface area contributed by atoms with Crippen molar-refractivity contribution in [3.63, 3.8) is 0 Å². The van der Waals surface area contributed by atoms with E-state index in [-0.39, 0.29) is 16.7 Å². The van der Waals surface area contributed by atoms with Crippen molar-refractivity contribution in [1.29, 1.82) is 0 Å². The predicted octanol–water partition coefficient (Wildman–Crippen LogP) is 2.25.